The van der Waals surface area contributed by atoms with Gasteiger partial charge in [0.05, 0.1) is 36.6 Å². The predicted octanol–water partition coefficient (Wildman–Crippen LogP) is 2.19. The van der Waals surface area contributed by atoms with Gasteiger partial charge in [-0.1, -0.05) is 28.4 Å². The predicted molar refractivity (Wildman–Crippen MR) is 70.9 cm³/mol. The van der Waals surface area contributed by atoms with E-state index in [0.29, 0.717) is 23.1 Å². The van der Waals surface area contributed by atoms with Crippen LogP contribution in [0.1, 0.15) is 5.69 Å². The van der Waals surface area contributed by atoms with E-state index < -0.39 is 0 Å². The Morgan fingerprint density at radius 1 is 1.33 bits per heavy atom. The Hall–Kier alpha value is -1.30. The summed E-state index contributed by atoms with van der Waals surface area (Å²) in [5.74, 6) is 0. The minimum Gasteiger partial charge on any atom is -0.394 e. The number of hydrogen-bond acceptors (Lipinski definition) is 4. The van der Waals surface area contributed by atoms with Crippen LogP contribution in [0.25, 0.3) is 0 Å². The SMILES string of the molecule is OCCn1cc(CNc2ccc(Cl)cc2Cl)nn1. The van der Waals surface area contributed by atoms with E-state index in [0.717, 1.165) is 11.4 Å². The molecule has 0 aliphatic heterocycles. The highest BCUT2D eigenvalue weighted by molar-refractivity contribution is 6.36. The molecule has 0 aliphatic rings. The first-order chi connectivity index (χ1) is 8.69. The Kier molecular flexibility index (Phi) is 4.41. The smallest absolute Gasteiger partial charge is 0.102 e. The van der Waals surface area contributed by atoms with Crippen LogP contribution in [-0.2, 0) is 13.1 Å². The maximum Gasteiger partial charge on any atom is 0.102 e. The van der Waals surface area contributed by atoms with Crippen LogP contribution in [-0.4, -0.2) is 26.7 Å². The van der Waals surface area contributed by atoms with E-state index >= 15 is 0 Å². The fourth-order valence-corrected chi connectivity index (χ4v) is 1.93. The van der Waals surface area contributed by atoms with E-state index in [1.54, 1.807) is 23.0 Å². The zero-order valence-electron chi connectivity index (χ0n) is 9.48. The van der Waals surface area contributed by atoms with Gasteiger partial charge >= 0.3 is 0 Å². The number of aliphatic hydroxyl groups excluding tert-OH is 1. The summed E-state index contributed by atoms with van der Waals surface area (Å²) in [6, 6.07) is 5.25. The molecule has 0 radical (unpaired) electrons. The molecule has 7 heteroatoms. The third-order valence-electron chi connectivity index (χ3n) is 2.31. The van der Waals surface area contributed by atoms with Crippen molar-refractivity contribution >= 4 is 28.9 Å². The molecule has 2 aromatic rings. The quantitative estimate of drug-likeness (QED) is 0.885. The summed E-state index contributed by atoms with van der Waals surface area (Å²) in [5, 5.41) is 20.9. The van der Waals surface area contributed by atoms with E-state index in [-0.39, 0.29) is 6.61 Å². The van der Waals surface area contributed by atoms with Gasteiger partial charge in [0.2, 0.25) is 0 Å². The Morgan fingerprint density at radius 3 is 2.89 bits per heavy atom. The fourth-order valence-electron chi connectivity index (χ4n) is 1.45. The molecule has 0 saturated carbocycles. The molecule has 1 heterocycles. The van der Waals surface area contributed by atoms with Crippen LogP contribution in [0.2, 0.25) is 10.0 Å². The Morgan fingerprint density at radius 2 is 2.17 bits per heavy atom. The van der Waals surface area contributed by atoms with Crippen molar-refractivity contribution in [3.05, 3.63) is 40.1 Å². The molecular formula is C11H12Cl2N4O. The third-order valence-corrected chi connectivity index (χ3v) is 2.85. The van der Waals surface area contributed by atoms with Gasteiger partial charge < -0.3 is 10.4 Å². The number of anilines is 1. The number of nitrogens with zero attached hydrogens (tertiary/aromatic N) is 3. The zero-order chi connectivity index (χ0) is 13.0. The summed E-state index contributed by atoms with van der Waals surface area (Å²) in [7, 11) is 0. The average Bonchev–Trinajstić information content (AvgIpc) is 2.76. The lowest BCUT2D eigenvalue weighted by molar-refractivity contribution is 0.268. The molecule has 0 fully saturated rings. The van der Waals surface area contributed by atoms with Crippen LogP contribution in [0.5, 0.6) is 0 Å². The molecule has 96 valence electrons. The number of benzene rings is 1. The van der Waals surface area contributed by atoms with Crippen LogP contribution in [0.4, 0.5) is 5.69 Å². The first kappa shape index (κ1) is 13.1. The molecule has 0 aliphatic carbocycles. The van der Waals surface area contributed by atoms with Gasteiger partial charge in [-0.15, -0.1) is 5.10 Å². The lowest BCUT2D eigenvalue weighted by Crippen LogP contribution is -2.02. The van der Waals surface area contributed by atoms with Gasteiger partial charge in [0.1, 0.15) is 5.69 Å². The Bertz CT molecular complexity index is 530. The summed E-state index contributed by atoms with van der Waals surface area (Å²) in [6.07, 6.45) is 1.77. The summed E-state index contributed by atoms with van der Waals surface area (Å²) in [4.78, 5) is 0. The first-order valence-electron chi connectivity index (χ1n) is 5.38. The second kappa shape index (κ2) is 6.04. The van der Waals surface area contributed by atoms with Crippen molar-refractivity contribution in [1.82, 2.24) is 15.0 Å². The molecule has 5 nitrogen and oxygen atoms in total. The van der Waals surface area contributed by atoms with Gasteiger partial charge in [0.25, 0.3) is 0 Å². The van der Waals surface area contributed by atoms with Crippen molar-refractivity contribution in [2.45, 2.75) is 13.1 Å². The Labute approximate surface area is 114 Å². The van der Waals surface area contributed by atoms with Crippen molar-refractivity contribution in [3.63, 3.8) is 0 Å². The number of rotatable bonds is 5. The van der Waals surface area contributed by atoms with Crippen molar-refractivity contribution in [2.75, 3.05) is 11.9 Å². The van der Waals surface area contributed by atoms with Gasteiger partial charge in [0.15, 0.2) is 0 Å². The van der Waals surface area contributed by atoms with E-state index in [4.69, 9.17) is 28.3 Å². The molecule has 2 rings (SSSR count). The zero-order valence-corrected chi connectivity index (χ0v) is 11.0. The van der Waals surface area contributed by atoms with Gasteiger partial charge in [-0.25, -0.2) is 4.68 Å². The average molecular weight is 287 g/mol. The molecule has 0 bridgehead atoms. The van der Waals surface area contributed by atoms with Gasteiger partial charge in [-0.05, 0) is 18.2 Å². The van der Waals surface area contributed by atoms with Crippen LogP contribution in [0.15, 0.2) is 24.4 Å². The monoisotopic (exact) mass is 286 g/mol. The molecule has 0 amide bonds. The second-order valence-electron chi connectivity index (χ2n) is 3.67. The molecule has 1 aromatic carbocycles. The number of aromatic nitrogens is 3. The third kappa shape index (κ3) is 3.35. The van der Waals surface area contributed by atoms with E-state index in [1.165, 1.54) is 0 Å². The van der Waals surface area contributed by atoms with Crippen LogP contribution < -0.4 is 5.32 Å². The molecule has 18 heavy (non-hydrogen) atoms. The molecular weight excluding hydrogens is 275 g/mol. The molecule has 0 atom stereocenters. The van der Waals surface area contributed by atoms with Crippen molar-refractivity contribution in [2.24, 2.45) is 0 Å². The van der Waals surface area contributed by atoms with E-state index in [1.807, 2.05) is 6.07 Å². The van der Waals surface area contributed by atoms with Crippen molar-refractivity contribution in [3.8, 4) is 0 Å². The molecule has 0 saturated heterocycles. The minimum atomic E-state index is 0.0409. The maximum absolute atomic E-state index is 8.77. The number of aliphatic hydroxyl groups is 1. The summed E-state index contributed by atoms with van der Waals surface area (Å²) >= 11 is 11.8. The topological polar surface area (TPSA) is 63.0 Å². The van der Waals surface area contributed by atoms with Gasteiger partial charge in [-0.2, -0.15) is 0 Å². The second-order valence-corrected chi connectivity index (χ2v) is 4.52. The number of halogens is 2. The lowest BCUT2D eigenvalue weighted by Gasteiger charge is -2.06. The van der Waals surface area contributed by atoms with Crippen molar-refractivity contribution < 1.29 is 5.11 Å². The molecule has 0 unspecified atom stereocenters. The molecule has 2 N–H and O–H groups in total. The van der Waals surface area contributed by atoms with Crippen LogP contribution in [0.3, 0.4) is 0 Å². The Balaban J connectivity index is 1.97. The van der Waals surface area contributed by atoms with E-state index in [2.05, 4.69) is 15.6 Å². The highest BCUT2D eigenvalue weighted by Gasteiger charge is 2.03. The van der Waals surface area contributed by atoms with Crippen molar-refractivity contribution in [1.29, 1.82) is 0 Å². The fraction of sp³-hybridized carbons (Fsp3) is 0.273. The van der Waals surface area contributed by atoms with Crippen LogP contribution in [0, 0.1) is 0 Å². The normalized spacial score (nSPS) is 10.6. The summed E-state index contributed by atoms with van der Waals surface area (Å²) < 4.78 is 1.58. The van der Waals surface area contributed by atoms with Gasteiger partial charge in [0, 0.05) is 5.02 Å². The highest BCUT2D eigenvalue weighted by Crippen LogP contribution is 2.25. The molecule has 0 spiro atoms. The maximum atomic E-state index is 8.77. The summed E-state index contributed by atoms with van der Waals surface area (Å²) in [6.45, 7) is 0.987. The summed E-state index contributed by atoms with van der Waals surface area (Å²) in [5.41, 5.74) is 1.56. The minimum absolute atomic E-state index is 0.0409. The van der Waals surface area contributed by atoms with E-state index in [9.17, 15) is 0 Å². The van der Waals surface area contributed by atoms with Crippen LogP contribution >= 0.6 is 23.2 Å². The molecule has 1 aromatic heterocycles. The number of hydrogen-bond donors (Lipinski definition) is 2. The van der Waals surface area contributed by atoms with Gasteiger partial charge in [-0.3, -0.25) is 0 Å². The largest absolute Gasteiger partial charge is 0.394 e. The standard InChI is InChI=1S/C11H12Cl2N4O/c12-8-1-2-11(10(13)5-8)14-6-9-7-17(3-4-18)16-15-9/h1-2,5,7,14,18H,3-4,6H2. The number of nitrogens with one attached hydrogen (secondary N) is 1. The first-order valence-corrected chi connectivity index (χ1v) is 6.13. The lowest BCUT2D eigenvalue weighted by atomic mass is 10.3. The highest BCUT2D eigenvalue weighted by atomic mass is 35.5.